The van der Waals surface area contributed by atoms with Crippen LogP contribution in [0.25, 0.3) is 0 Å². The molecule has 2 N–H and O–H groups in total. The largest absolute Gasteiger partial charge is 0.336 e. The van der Waals surface area contributed by atoms with Gasteiger partial charge in [0.1, 0.15) is 0 Å². The summed E-state index contributed by atoms with van der Waals surface area (Å²) in [6, 6.07) is -0.187. The molecule has 0 aromatic heterocycles. The molecule has 0 radical (unpaired) electrons. The van der Waals surface area contributed by atoms with Crippen molar-refractivity contribution < 1.29 is 9.59 Å². The van der Waals surface area contributed by atoms with Crippen LogP contribution in [-0.2, 0) is 4.79 Å². The molecule has 5 rings (SSSR count). The molecule has 1 aliphatic heterocycles. The van der Waals surface area contributed by atoms with E-state index in [1.54, 1.807) is 0 Å². The molecule has 0 aromatic rings. The van der Waals surface area contributed by atoms with Gasteiger partial charge in [-0.05, 0) is 75.5 Å². The topological polar surface area (TPSA) is 61.4 Å². The van der Waals surface area contributed by atoms with Gasteiger partial charge in [-0.2, -0.15) is 0 Å². The highest BCUT2D eigenvalue weighted by Gasteiger charge is 2.53. The van der Waals surface area contributed by atoms with Crippen molar-refractivity contribution in [2.45, 2.75) is 64.5 Å². The molecule has 5 fully saturated rings. The molecule has 4 bridgehead atoms. The minimum atomic E-state index is -0.290. The number of carbonyl (C=O) groups excluding carboxylic acids is 2. The highest BCUT2D eigenvalue weighted by molar-refractivity contribution is 5.98. The number of nitrogens with one attached hydrogen (secondary N) is 2. The van der Waals surface area contributed by atoms with Gasteiger partial charge in [-0.3, -0.25) is 9.69 Å². The zero-order valence-corrected chi connectivity index (χ0v) is 14.3. The second-order valence-electron chi connectivity index (χ2n) is 8.61. The van der Waals surface area contributed by atoms with Gasteiger partial charge in [-0.15, -0.1) is 0 Å². The lowest BCUT2D eigenvalue weighted by molar-refractivity contribution is -0.130. The normalized spacial score (nSPS) is 41.0. The van der Waals surface area contributed by atoms with Crippen molar-refractivity contribution >= 4 is 11.9 Å². The summed E-state index contributed by atoms with van der Waals surface area (Å²) in [5, 5.41) is 6.27. The van der Waals surface area contributed by atoms with E-state index in [1.165, 1.54) is 43.4 Å². The predicted octanol–water partition coefficient (Wildman–Crippen LogP) is 2.12. The molecule has 0 aromatic carbocycles. The first kappa shape index (κ1) is 15.4. The van der Waals surface area contributed by atoms with Crippen molar-refractivity contribution in [2.75, 3.05) is 13.1 Å². The van der Waals surface area contributed by atoms with E-state index in [0.29, 0.717) is 24.5 Å². The fourth-order valence-corrected chi connectivity index (χ4v) is 6.25. The van der Waals surface area contributed by atoms with Gasteiger partial charge in [0.2, 0.25) is 5.91 Å². The molecule has 0 unspecified atom stereocenters. The third-order valence-electron chi connectivity index (χ3n) is 7.00. The van der Waals surface area contributed by atoms with Crippen molar-refractivity contribution in [1.29, 1.82) is 0 Å². The summed E-state index contributed by atoms with van der Waals surface area (Å²) in [6.07, 6.45) is 8.31. The number of hydrogen-bond donors (Lipinski definition) is 2. The molecule has 5 heteroatoms. The second kappa shape index (κ2) is 5.47. The number of urea groups is 1. The fraction of sp³-hybridized carbons (Fsp3) is 0.889. The van der Waals surface area contributed by atoms with E-state index in [9.17, 15) is 9.59 Å². The Morgan fingerprint density at radius 2 is 1.74 bits per heavy atom. The Labute approximate surface area is 138 Å². The molecule has 5 nitrogen and oxygen atoms in total. The average Bonchev–Trinajstić information content (AvgIpc) is 2.91. The maximum absolute atomic E-state index is 12.5. The summed E-state index contributed by atoms with van der Waals surface area (Å²) in [5.41, 5.74) is 0.385. The van der Waals surface area contributed by atoms with E-state index in [0.717, 1.165) is 17.8 Å². The van der Waals surface area contributed by atoms with Gasteiger partial charge < -0.3 is 10.6 Å². The zero-order valence-electron chi connectivity index (χ0n) is 14.3. The Kier molecular flexibility index (Phi) is 3.67. The quantitative estimate of drug-likeness (QED) is 0.834. The average molecular weight is 319 g/mol. The van der Waals surface area contributed by atoms with Crippen LogP contribution in [-0.4, -0.2) is 42.0 Å². The molecule has 23 heavy (non-hydrogen) atoms. The molecule has 0 spiro atoms. The minimum Gasteiger partial charge on any atom is -0.336 e. The first-order valence-corrected chi connectivity index (χ1v) is 9.32. The molecule has 3 amide bonds. The summed E-state index contributed by atoms with van der Waals surface area (Å²) < 4.78 is 0. The molecular weight excluding hydrogens is 290 g/mol. The van der Waals surface area contributed by atoms with Crippen molar-refractivity contribution in [1.82, 2.24) is 15.5 Å². The van der Waals surface area contributed by atoms with E-state index < -0.39 is 0 Å². The summed E-state index contributed by atoms with van der Waals surface area (Å²) in [5.74, 6) is 2.67. The molecule has 2 atom stereocenters. The zero-order chi connectivity index (χ0) is 16.2. The predicted molar refractivity (Wildman–Crippen MR) is 87.8 cm³/mol. The number of hydrogen-bond acceptors (Lipinski definition) is 3. The van der Waals surface area contributed by atoms with Crippen molar-refractivity contribution in [3.63, 3.8) is 0 Å². The molecule has 4 aliphatic carbocycles. The van der Waals surface area contributed by atoms with E-state index in [4.69, 9.17) is 0 Å². The number of rotatable bonds is 4. The SMILES string of the molecule is C[C@H](N[C@H](C)C12CC3CC(CC(C3)C1)C2)C(=O)N1CCNC1=O. The van der Waals surface area contributed by atoms with E-state index in [-0.39, 0.29) is 18.0 Å². The van der Waals surface area contributed by atoms with Crippen LogP contribution in [0.1, 0.15) is 52.4 Å². The summed E-state index contributed by atoms with van der Waals surface area (Å²) in [6.45, 7) is 5.24. The fourth-order valence-electron chi connectivity index (χ4n) is 6.25. The maximum Gasteiger partial charge on any atom is 0.324 e. The van der Waals surface area contributed by atoms with Crippen molar-refractivity contribution in [2.24, 2.45) is 23.2 Å². The number of carbonyl (C=O) groups is 2. The highest BCUT2D eigenvalue weighted by atomic mass is 16.2. The van der Waals surface area contributed by atoms with Crippen LogP contribution in [0.4, 0.5) is 4.79 Å². The summed E-state index contributed by atoms with van der Waals surface area (Å²) in [7, 11) is 0. The Bertz CT molecular complexity index is 483. The van der Waals surface area contributed by atoms with E-state index >= 15 is 0 Å². The van der Waals surface area contributed by atoms with Gasteiger partial charge in [0.25, 0.3) is 0 Å². The van der Waals surface area contributed by atoms with Crippen molar-refractivity contribution in [3.8, 4) is 0 Å². The smallest absolute Gasteiger partial charge is 0.324 e. The van der Waals surface area contributed by atoms with E-state index in [1.807, 2.05) is 6.92 Å². The standard InChI is InChI=1S/C18H29N3O2/c1-11(16(22)21-4-3-19-17(21)23)20-12(2)18-8-13-5-14(9-18)7-15(6-13)10-18/h11-15,20H,3-10H2,1-2H3,(H,19,23)/t11-,12+,13?,14?,15?,18?/m0/s1. The monoisotopic (exact) mass is 319 g/mol. The number of nitrogens with zero attached hydrogens (tertiary/aromatic N) is 1. The van der Waals surface area contributed by atoms with Crippen LogP contribution in [0.3, 0.4) is 0 Å². The maximum atomic E-state index is 12.5. The Morgan fingerprint density at radius 3 is 2.22 bits per heavy atom. The molecule has 128 valence electrons. The third-order valence-corrected chi connectivity index (χ3v) is 7.00. The van der Waals surface area contributed by atoms with Crippen LogP contribution >= 0.6 is 0 Å². The highest BCUT2D eigenvalue weighted by Crippen LogP contribution is 2.61. The molecule has 1 saturated heterocycles. The van der Waals surface area contributed by atoms with Crippen LogP contribution in [0, 0.1) is 23.2 Å². The summed E-state index contributed by atoms with van der Waals surface area (Å²) >= 11 is 0. The third kappa shape index (κ3) is 2.57. The molecule has 4 saturated carbocycles. The second-order valence-corrected chi connectivity index (χ2v) is 8.61. The molecular formula is C18H29N3O2. The van der Waals surface area contributed by atoms with Gasteiger partial charge in [0.15, 0.2) is 0 Å². The van der Waals surface area contributed by atoms with Crippen LogP contribution in [0.2, 0.25) is 0 Å². The van der Waals surface area contributed by atoms with Gasteiger partial charge in [0.05, 0.1) is 6.04 Å². The lowest BCUT2D eigenvalue weighted by atomic mass is 9.48. The van der Waals surface area contributed by atoms with E-state index in [2.05, 4.69) is 17.6 Å². The Hall–Kier alpha value is -1.10. The van der Waals surface area contributed by atoms with Gasteiger partial charge in [-0.1, -0.05) is 0 Å². The molecule has 5 aliphatic rings. The first-order valence-electron chi connectivity index (χ1n) is 9.32. The van der Waals surface area contributed by atoms with Crippen LogP contribution < -0.4 is 10.6 Å². The molecule has 1 heterocycles. The minimum absolute atomic E-state index is 0.0865. The van der Waals surface area contributed by atoms with Gasteiger partial charge >= 0.3 is 6.03 Å². The van der Waals surface area contributed by atoms with Gasteiger partial charge in [0, 0.05) is 19.1 Å². The van der Waals surface area contributed by atoms with Gasteiger partial charge in [-0.25, -0.2) is 4.79 Å². The number of amides is 3. The Balaban J connectivity index is 1.42. The lowest BCUT2D eigenvalue weighted by Gasteiger charge is -2.59. The van der Waals surface area contributed by atoms with Crippen molar-refractivity contribution in [3.05, 3.63) is 0 Å². The van der Waals surface area contributed by atoms with Crippen LogP contribution in [0.5, 0.6) is 0 Å². The number of imide groups is 1. The van der Waals surface area contributed by atoms with Crippen LogP contribution in [0.15, 0.2) is 0 Å². The Morgan fingerprint density at radius 1 is 1.17 bits per heavy atom. The summed E-state index contributed by atoms with van der Waals surface area (Å²) in [4.78, 5) is 25.6. The first-order chi connectivity index (χ1) is 11.0. The lowest BCUT2D eigenvalue weighted by Crippen LogP contribution is -2.58.